The van der Waals surface area contributed by atoms with Gasteiger partial charge in [0.25, 0.3) is 0 Å². The fourth-order valence-corrected chi connectivity index (χ4v) is 2.91. The Labute approximate surface area is 118 Å². The molecule has 0 saturated carbocycles. The maximum atomic E-state index is 6.23. The maximum absolute atomic E-state index is 6.23. The van der Waals surface area contributed by atoms with Crippen molar-refractivity contribution in [2.45, 2.75) is 25.3 Å². The van der Waals surface area contributed by atoms with E-state index >= 15 is 0 Å². The summed E-state index contributed by atoms with van der Waals surface area (Å²) in [5.74, 6) is 0.568. The van der Waals surface area contributed by atoms with Crippen LogP contribution in [-0.4, -0.2) is 22.6 Å². The first-order valence-electron chi connectivity index (χ1n) is 6.79. The normalized spacial score (nSPS) is 19.5. The summed E-state index contributed by atoms with van der Waals surface area (Å²) < 4.78 is 2.22. The summed E-state index contributed by atoms with van der Waals surface area (Å²) >= 11 is 6.23. The highest BCUT2D eigenvalue weighted by molar-refractivity contribution is 6.31. The molecular formula is C15H18ClN3. The summed E-state index contributed by atoms with van der Waals surface area (Å²) in [6.07, 6.45) is 6.38. The van der Waals surface area contributed by atoms with Crippen molar-refractivity contribution in [3.8, 4) is 0 Å². The van der Waals surface area contributed by atoms with E-state index in [1.54, 1.807) is 0 Å². The lowest BCUT2D eigenvalue weighted by Crippen LogP contribution is -2.29. The summed E-state index contributed by atoms with van der Waals surface area (Å²) in [6, 6.07) is 8.01. The third kappa shape index (κ3) is 2.82. The van der Waals surface area contributed by atoms with Gasteiger partial charge in [-0.2, -0.15) is 0 Å². The number of hydrogen-bond donors (Lipinski definition) is 1. The molecule has 0 radical (unpaired) electrons. The van der Waals surface area contributed by atoms with Gasteiger partial charge < -0.3 is 9.88 Å². The van der Waals surface area contributed by atoms with Gasteiger partial charge >= 0.3 is 0 Å². The van der Waals surface area contributed by atoms with Crippen LogP contribution < -0.4 is 5.32 Å². The molecule has 1 aliphatic heterocycles. The fraction of sp³-hybridized carbons (Fsp3) is 0.400. The van der Waals surface area contributed by atoms with E-state index in [1.807, 2.05) is 30.7 Å². The Morgan fingerprint density at radius 3 is 3.05 bits per heavy atom. The van der Waals surface area contributed by atoms with Gasteiger partial charge in [0.05, 0.1) is 12.9 Å². The SMILES string of the molecule is Clc1ccccc1Cn1cncc1C1CCCNC1. The molecule has 1 saturated heterocycles. The van der Waals surface area contributed by atoms with Crippen LogP contribution in [0.4, 0.5) is 0 Å². The Kier molecular flexibility index (Phi) is 3.85. The number of piperidine rings is 1. The van der Waals surface area contributed by atoms with Crippen molar-refractivity contribution in [1.82, 2.24) is 14.9 Å². The van der Waals surface area contributed by atoms with Crippen LogP contribution in [0.3, 0.4) is 0 Å². The van der Waals surface area contributed by atoms with Crippen LogP contribution in [0.1, 0.15) is 30.0 Å². The third-order valence-electron chi connectivity index (χ3n) is 3.76. The lowest BCUT2D eigenvalue weighted by molar-refractivity contribution is 0.444. The lowest BCUT2D eigenvalue weighted by Gasteiger charge is -2.24. The molecule has 1 aromatic heterocycles. The number of nitrogens with one attached hydrogen (secondary N) is 1. The van der Waals surface area contributed by atoms with Crippen molar-refractivity contribution >= 4 is 11.6 Å². The van der Waals surface area contributed by atoms with Crippen LogP contribution in [0.25, 0.3) is 0 Å². The molecule has 1 aromatic carbocycles. The Balaban J connectivity index is 1.82. The molecule has 1 fully saturated rings. The minimum absolute atomic E-state index is 0.568. The topological polar surface area (TPSA) is 29.9 Å². The summed E-state index contributed by atoms with van der Waals surface area (Å²) in [6.45, 7) is 2.98. The van der Waals surface area contributed by atoms with E-state index in [9.17, 15) is 0 Å². The first-order chi connectivity index (χ1) is 9.34. The molecule has 0 spiro atoms. The van der Waals surface area contributed by atoms with Gasteiger partial charge in [-0.05, 0) is 31.0 Å². The van der Waals surface area contributed by atoms with Gasteiger partial charge in [0.2, 0.25) is 0 Å². The van der Waals surface area contributed by atoms with E-state index in [2.05, 4.69) is 20.9 Å². The fourth-order valence-electron chi connectivity index (χ4n) is 2.72. The van der Waals surface area contributed by atoms with Gasteiger partial charge in [-0.15, -0.1) is 0 Å². The highest BCUT2D eigenvalue weighted by atomic mass is 35.5. The molecule has 0 amide bonds. The van der Waals surface area contributed by atoms with Crippen molar-refractivity contribution in [3.63, 3.8) is 0 Å². The van der Waals surface area contributed by atoms with Gasteiger partial charge in [0, 0.05) is 29.4 Å². The van der Waals surface area contributed by atoms with Crippen molar-refractivity contribution in [2.24, 2.45) is 0 Å². The number of rotatable bonds is 3. The monoisotopic (exact) mass is 275 g/mol. The molecule has 3 rings (SSSR count). The molecule has 4 heteroatoms. The van der Waals surface area contributed by atoms with E-state index in [4.69, 9.17) is 11.6 Å². The van der Waals surface area contributed by atoms with E-state index in [1.165, 1.54) is 18.5 Å². The van der Waals surface area contributed by atoms with Crippen LogP contribution in [0.15, 0.2) is 36.8 Å². The first-order valence-corrected chi connectivity index (χ1v) is 7.16. The van der Waals surface area contributed by atoms with Crippen LogP contribution >= 0.6 is 11.6 Å². The number of benzene rings is 1. The second-order valence-electron chi connectivity index (χ2n) is 5.08. The van der Waals surface area contributed by atoms with Gasteiger partial charge in [-0.1, -0.05) is 29.8 Å². The van der Waals surface area contributed by atoms with Crippen LogP contribution in [0.5, 0.6) is 0 Å². The molecule has 1 unspecified atom stereocenters. The number of imidazole rings is 1. The molecule has 0 aliphatic carbocycles. The second-order valence-corrected chi connectivity index (χ2v) is 5.49. The zero-order valence-electron chi connectivity index (χ0n) is 10.8. The molecule has 2 heterocycles. The largest absolute Gasteiger partial charge is 0.330 e. The van der Waals surface area contributed by atoms with E-state index < -0.39 is 0 Å². The zero-order valence-corrected chi connectivity index (χ0v) is 11.6. The number of hydrogen-bond acceptors (Lipinski definition) is 2. The van der Waals surface area contributed by atoms with Gasteiger partial charge in [0.15, 0.2) is 0 Å². The van der Waals surface area contributed by atoms with Crippen molar-refractivity contribution in [1.29, 1.82) is 0 Å². The summed E-state index contributed by atoms with van der Waals surface area (Å²) in [7, 11) is 0. The first kappa shape index (κ1) is 12.7. The van der Waals surface area contributed by atoms with Crippen LogP contribution in [0.2, 0.25) is 5.02 Å². The van der Waals surface area contributed by atoms with Gasteiger partial charge in [0.1, 0.15) is 0 Å². The maximum Gasteiger partial charge on any atom is 0.0951 e. The number of aromatic nitrogens is 2. The lowest BCUT2D eigenvalue weighted by atomic mass is 9.96. The molecule has 0 bridgehead atoms. The molecule has 19 heavy (non-hydrogen) atoms. The molecule has 1 atom stereocenters. The highest BCUT2D eigenvalue weighted by Crippen LogP contribution is 2.24. The number of nitrogens with zero attached hydrogens (tertiary/aromatic N) is 2. The quantitative estimate of drug-likeness (QED) is 0.933. The second kappa shape index (κ2) is 5.76. The van der Waals surface area contributed by atoms with E-state index in [0.717, 1.165) is 30.2 Å². The summed E-state index contributed by atoms with van der Waals surface area (Å²) in [4.78, 5) is 4.32. The highest BCUT2D eigenvalue weighted by Gasteiger charge is 2.18. The van der Waals surface area contributed by atoms with E-state index in [-0.39, 0.29) is 0 Å². The van der Waals surface area contributed by atoms with Gasteiger partial charge in [-0.3, -0.25) is 0 Å². The Hall–Kier alpha value is -1.32. The van der Waals surface area contributed by atoms with Crippen LogP contribution in [0, 0.1) is 0 Å². The van der Waals surface area contributed by atoms with Crippen molar-refractivity contribution in [2.75, 3.05) is 13.1 Å². The summed E-state index contributed by atoms with van der Waals surface area (Å²) in [5, 5.41) is 4.28. The Morgan fingerprint density at radius 1 is 1.37 bits per heavy atom. The average molecular weight is 276 g/mol. The molecule has 1 N–H and O–H groups in total. The molecule has 100 valence electrons. The molecule has 1 aliphatic rings. The Morgan fingerprint density at radius 2 is 2.26 bits per heavy atom. The predicted molar refractivity (Wildman–Crippen MR) is 77.6 cm³/mol. The summed E-state index contributed by atoms with van der Waals surface area (Å²) in [5.41, 5.74) is 2.46. The standard InChI is InChI=1S/C15H18ClN3/c16-14-6-2-1-4-13(14)10-19-11-18-9-15(19)12-5-3-7-17-8-12/h1-2,4,6,9,11-12,17H,3,5,7-8,10H2. The molecular weight excluding hydrogens is 258 g/mol. The zero-order chi connectivity index (χ0) is 13.1. The minimum Gasteiger partial charge on any atom is -0.330 e. The predicted octanol–water partition coefficient (Wildman–Crippen LogP) is 3.05. The number of halogens is 1. The Bertz CT molecular complexity index is 544. The average Bonchev–Trinajstić information content (AvgIpc) is 2.91. The van der Waals surface area contributed by atoms with Crippen molar-refractivity contribution < 1.29 is 0 Å². The van der Waals surface area contributed by atoms with E-state index in [0.29, 0.717) is 5.92 Å². The van der Waals surface area contributed by atoms with Crippen molar-refractivity contribution in [3.05, 3.63) is 53.1 Å². The van der Waals surface area contributed by atoms with Crippen LogP contribution in [-0.2, 0) is 6.54 Å². The third-order valence-corrected chi connectivity index (χ3v) is 4.13. The molecule has 2 aromatic rings. The minimum atomic E-state index is 0.568. The van der Waals surface area contributed by atoms with Gasteiger partial charge in [-0.25, -0.2) is 4.98 Å². The molecule has 3 nitrogen and oxygen atoms in total. The smallest absolute Gasteiger partial charge is 0.0951 e.